The molecular weight excluding hydrogens is 222 g/mol. The number of nitrogens with two attached hydrogens (primary N) is 1. The fourth-order valence-electron chi connectivity index (χ4n) is 1.81. The predicted molar refractivity (Wildman–Crippen MR) is 65.6 cm³/mol. The summed E-state index contributed by atoms with van der Waals surface area (Å²) in [4.78, 5) is 17.2. The quantitative estimate of drug-likeness (QED) is 0.823. The number of nitrogens with zero attached hydrogens (tertiary/aromatic N) is 1. The molecule has 1 aliphatic carbocycles. The molecule has 0 aliphatic heterocycles. The van der Waals surface area contributed by atoms with E-state index in [1.165, 1.54) is 11.3 Å². The maximum Gasteiger partial charge on any atom is 0.242 e. The number of carbonyl (C=O) groups excluding carboxylic acids is 1. The molecule has 1 aliphatic rings. The van der Waals surface area contributed by atoms with E-state index in [4.69, 9.17) is 5.73 Å². The normalized spacial score (nSPS) is 21.3. The number of anilines is 1. The summed E-state index contributed by atoms with van der Waals surface area (Å²) in [6.07, 6.45) is 3.31. The van der Waals surface area contributed by atoms with E-state index in [1.54, 1.807) is 18.3 Å². The van der Waals surface area contributed by atoms with Crippen LogP contribution in [0.5, 0.6) is 0 Å². The highest BCUT2D eigenvalue weighted by Crippen LogP contribution is 2.31. The smallest absolute Gasteiger partial charge is 0.242 e. The summed E-state index contributed by atoms with van der Waals surface area (Å²) in [5.41, 5.74) is 6.65. The van der Waals surface area contributed by atoms with Crippen molar-refractivity contribution in [2.24, 2.45) is 11.7 Å². The lowest BCUT2D eigenvalue weighted by Gasteiger charge is -2.15. The van der Waals surface area contributed by atoms with E-state index in [0.29, 0.717) is 5.13 Å². The molecule has 0 radical (unpaired) electrons. The van der Waals surface area contributed by atoms with Gasteiger partial charge in [0.2, 0.25) is 5.91 Å². The molecule has 0 saturated heterocycles. The van der Waals surface area contributed by atoms with Gasteiger partial charge in [0.05, 0.1) is 11.7 Å². The highest BCUT2D eigenvalue weighted by atomic mass is 32.1. The zero-order valence-electron chi connectivity index (χ0n) is 9.62. The summed E-state index contributed by atoms with van der Waals surface area (Å²) in [7, 11) is 0. The molecule has 2 rings (SSSR count). The average Bonchev–Trinajstić information content (AvgIpc) is 2.58. The second kappa shape index (κ2) is 4.51. The van der Waals surface area contributed by atoms with Crippen LogP contribution < -0.4 is 11.1 Å². The van der Waals surface area contributed by atoms with E-state index in [0.717, 1.165) is 24.5 Å². The number of aromatic nitrogens is 1. The number of hydrogen-bond acceptors (Lipinski definition) is 4. The van der Waals surface area contributed by atoms with Crippen LogP contribution in [0.2, 0.25) is 0 Å². The van der Waals surface area contributed by atoms with Crippen molar-refractivity contribution in [2.45, 2.75) is 39.2 Å². The molecule has 1 unspecified atom stereocenters. The van der Waals surface area contributed by atoms with Gasteiger partial charge >= 0.3 is 0 Å². The Morgan fingerprint density at radius 2 is 2.44 bits per heavy atom. The Bertz CT molecular complexity index is 400. The van der Waals surface area contributed by atoms with Crippen molar-refractivity contribution in [1.82, 2.24) is 4.98 Å². The molecule has 16 heavy (non-hydrogen) atoms. The van der Waals surface area contributed by atoms with Gasteiger partial charge in [0.1, 0.15) is 0 Å². The number of carbonyl (C=O) groups is 1. The van der Waals surface area contributed by atoms with Crippen LogP contribution in [-0.2, 0) is 17.6 Å². The lowest BCUT2D eigenvalue weighted by atomic mass is 9.93. The number of aryl methyl sites for hydroxylation is 1. The molecule has 88 valence electrons. The number of fused-ring (bicyclic) bond motifs is 1. The third kappa shape index (κ3) is 2.41. The van der Waals surface area contributed by atoms with Gasteiger partial charge in [0.15, 0.2) is 5.13 Å². The molecule has 1 aromatic rings. The van der Waals surface area contributed by atoms with E-state index < -0.39 is 6.04 Å². The number of hydrogen-bond donors (Lipinski definition) is 2. The van der Waals surface area contributed by atoms with Crippen molar-refractivity contribution >= 4 is 22.4 Å². The zero-order valence-corrected chi connectivity index (χ0v) is 10.4. The zero-order chi connectivity index (χ0) is 11.7. The Hall–Kier alpha value is -0.940. The Labute approximate surface area is 99.3 Å². The molecule has 3 N–H and O–H groups in total. The number of rotatable bonds is 2. The molecule has 0 saturated carbocycles. The topological polar surface area (TPSA) is 68.0 Å². The van der Waals surface area contributed by atoms with Gasteiger partial charge in [-0.3, -0.25) is 4.79 Å². The minimum Gasteiger partial charge on any atom is -0.320 e. The van der Waals surface area contributed by atoms with Crippen LogP contribution in [0.15, 0.2) is 0 Å². The molecule has 0 aromatic carbocycles. The highest BCUT2D eigenvalue weighted by molar-refractivity contribution is 7.15. The van der Waals surface area contributed by atoms with E-state index in [2.05, 4.69) is 17.2 Å². The summed E-state index contributed by atoms with van der Waals surface area (Å²) in [6.45, 7) is 3.92. The second-order valence-electron chi connectivity index (χ2n) is 4.51. The van der Waals surface area contributed by atoms with Crippen LogP contribution in [-0.4, -0.2) is 16.9 Å². The third-order valence-corrected chi connectivity index (χ3v) is 3.87. The first-order chi connectivity index (χ1) is 7.56. The van der Waals surface area contributed by atoms with Crippen LogP contribution in [0.1, 0.15) is 30.8 Å². The minimum atomic E-state index is -0.486. The molecule has 1 amide bonds. The van der Waals surface area contributed by atoms with Gasteiger partial charge in [0, 0.05) is 4.88 Å². The van der Waals surface area contributed by atoms with Crippen molar-refractivity contribution in [3.63, 3.8) is 0 Å². The third-order valence-electron chi connectivity index (χ3n) is 2.83. The minimum absolute atomic E-state index is 0.167. The molecule has 0 fully saturated rings. The summed E-state index contributed by atoms with van der Waals surface area (Å²) in [5.74, 6) is 0.559. The van der Waals surface area contributed by atoms with Crippen LogP contribution in [0.4, 0.5) is 5.13 Å². The van der Waals surface area contributed by atoms with Gasteiger partial charge in [-0.1, -0.05) is 6.92 Å². The SMILES string of the molecule is CC1CCc2nc(NC(=O)[C@@H](C)N)sc2C1. The first kappa shape index (κ1) is 11.5. The molecule has 4 nitrogen and oxygen atoms in total. The molecule has 2 atom stereocenters. The first-order valence-electron chi connectivity index (χ1n) is 5.61. The Morgan fingerprint density at radius 3 is 3.12 bits per heavy atom. The predicted octanol–water partition coefficient (Wildman–Crippen LogP) is 1.55. The standard InChI is InChI=1S/C11H17N3OS/c1-6-3-4-8-9(5-6)16-11(13-8)14-10(15)7(2)12/h6-7H,3-5,12H2,1-2H3,(H,13,14,15)/t6?,7-/m1/s1. The van der Waals surface area contributed by atoms with Gasteiger partial charge in [-0.25, -0.2) is 4.98 Å². The molecule has 0 spiro atoms. The first-order valence-corrected chi connectivity index (χ1v) is 6.43. The summed E-state index contributed by atoms with van der Waals surface area (Å²) >= 11 is 1.59. The average molecular weight is 239 g/mol. The number of nitrogens with one attached hydrogen (secondary N) is 1. The number of amides is 1. The van der Waals surface area contributed by atoms with Gasteiger partial charge in [-0.15, -0.1) is 11.3 Å². The van der Waals surface area contributed by atoms with Crippen LogP contribution >= 0.6 is 11.3 Å². The fraction of sp³-hybridized carbons (Fsp3) is 0.636. The van der Waals surface area contributed by atoms with Crippen LogP contribution in [0.3, 0.4) is 0 Å². The molecule has 1 heterocycles. The van der Waals surface area contributed by atoms with Gasteiger partial charge in [-0.05, 0) is 32.1 Å². The van der Waals surface area contributed by atoms with Crippen molar-refractivity contribution < 1.29 is 4.79 Å². The van der Waals surface area contributed by atoms with Gasteiger partial charge in [0.25, 0.3) is 0 Å². The Kier molecular flexibility index (Phi) is 3.25. The van der Waals surface area contributed by atoms with E-state index >= 15 is 0 Å². The molecule has 1 aromatic heterocycles. The lowest BCUT2D eigenvalue weighted by molar-refractivity contribution is -0.117. The highest BCUT2D eigenvalue weighted by Gasteiger charge is 2.20. The van der Waals surface area contributed by atoms with Crippen molar-refractivity contribution in [3.8, 4) is 0 Å². The monoisotopic (exact) mass is 239 g/mol. The largest absolute Gasteiger partial charge is 0.320 e. The maximum atomic E-state index is 11.4. The Morgan fingerprint density at radius 1 is 1.69 bits per heavy atom. The van der Waals surface area contributed by atoms with E-state index in [9.17, 15) is 4.79 Å². The summed E-state index contributed by atoms with van der Waals surface area (Å²) in [6, 6.07) is -0.486. The Balaban J connectivity index is 2.10. The maximum absolute atomic E-state index is 11.4. The van der Waals surface area contributed by atoms with Crippen LogP contribution in [0.25, 0.3) is 0 Å². The summed E-state index contributed by atoms with van der Waals surface area (Å²) < 4.78 is 0. The van der Waals surface area contributed by atoms with Gasteiger partial charge < -0.3 is 11.1 Å². The molecular formula is C11H17N3OS. The van der Waals surface area contributed by atoms with E-state index in [-0.39, 0.29) is 5.91 Å². The second-order valence-corrected chi connectivity index (χ2v) is 5.60. The summed E-state index contributed by atoms with van der Waals surface area (Å²) in [5, 5.41) is 3.45. The molecule has 5 heteroatoms. The fourth-order valence-corrected chi connectivity index (χ4v) is 2.99. The van der Waals surface area contributed by atoms with E-state index in [1.807, 2.05) is 0 Å². The van der Waals surface area contributed by atoms with Crippen molar-refractivity contribution in [1.29, 1.82) is 0 Å². The lowest BCUT2D eigenvalue weighted by Crippen LogP contribution is -2.32. The van der Waals surface area contributed by atoms with Gasteiger partial charge in [-0.2, -0.15) is 0 Å². The van der Waals surface area contributed by atoms with Crippen molar-refractivity contribution in [2.75, 3.05) is 5.32 Å². The molecule has 0 bridgehead atoms. The number of thiazole rings is 1. The van der Waals surface area contributed by atoms with Crippen molar-refractivity contribution in [3.05, 3.63) is 10.6 Å². The van der Waals surface area contributed by atoms with Crippen LogP contribution in [0, 0.1) is 5.92 Å².